The Morgan fingerprint density at radius 3 is 2.08 bits per heavy atom. The van der Waals surface area contributed by atoms with Crippen LogP contribution in [0.25, 0.3) is 16.3 Å². The van der Waals surface area contributed by atoms with Crippen LogP contribution >= 0.6 is 0 Å². The molecule has 0 saturated carbocycles. The first kappa shape index (κ1) is 14.4. The highest BCUT2D eigenvalue weighted by molar-refractivity contribution is 6.22. The molecule has 0 radical (unpaired) electrons. The largest absolute Gasteiger partial charge is 0.270 e. The first-order chi connectivity index (χ1) is 11.7. The zero-order chi connectivity index (χ0) is 16.7. The molecule has 2 amide bonds. The number of fused-ring (bicyclic) bond motifs is 2. The normalized spacial score (nSPS) is 13.4. The van der Waals surface area contributed by atoms with Crippen molar-refractivity contribution < 1.29 is 9.59 Å². The molecule has 1 aliphatic rings. The fraction of sp³-hybridized carbons (Fsp3) is 0.0476. The van der Waals surface area contributed by atoms with Crippen molar-refractivity contribution in [2.75, 3.05) is 6.54 Å². The van der Waals surface area contributed by atoms with Crippen molar-refractivity contribution in [3.8, 4) is 0 Å². The minimum atomic E-state index is -0.253. The minimum Gasteiger partial charge on any atom is -0.270 e. The third kappa shape index (κ3) is 2.14. The molecular formula is C21H15NO2. The van der Waals surface area contributed by atoms with Crippen molar-refractivity contribution in [1.29, 1.82) is 0 Å². The van der Waals surface area contributed by atoms with Crippen LogP contribution in [-0.2, 0) is 0 Å². The summed E-state index contributed by atoms with van der Waals surface area (Å²) in [6.07, 6.45) is 0. The number of hydrogen-bond acceptors (Lipinski definition) is 2. The number of hydrogen-bond donors (Lipinski definition) is 0. The fourth-order valence-electron chi connectivity index (χ4n) is 3.19. The van der Waals surface area contributed by atoms with E-state index in [1.165, 1.54) is 4.90 Å². The molecule has 0 saturated heterocycles. The molecule has 0 aromatic heterocycles. The van der Waals surface area contributed by atoms with Gasteiger partial charge in [0.2, 0.25) is 0 Å². The number of carbonyl (C=O) groups excluding carboxylic acids is 2. The maximum absolute atomic E-state index is 12.5. The highest BCUT2D eigenvalue weighted by Crippen LogP contribution is 2.28. The number of benzene rings is 3. The van der Waals surface area contributed by atoms with Crippen LogP contribution in [0.3, 0.4) is 0 Å². The Kier molecular flexibility index (Phi) is 3.28. The first-order valence-corrected chi connectivity index (χ1v) is 7.78. The minimum absolute atomic E-state index is 0.195. The van der Waals surface area contributed by atoms with Gasteiger partial charge in [0.15, 0.2) is 0 Å². The van der Waals surface area contributed by atoms with Crippen LogP contribution in [0.1, 0.15) is 26.3 Å². The van der Waals surface area contributed by atoms with E-state index in [9.17, 15) is 9.59 Å². The second-order valence-electron chi connectivity index (χ2n) is 5.87. The van der Waals surface area contributed by atoms with Crippen LogP contribution in [0, 0.1) is 0 Å². The monoisotopic (exact) mass is 313 g/mol. The van der Waals surface area contributed by atoms with Crippen molar-refractivity contribution in [2.45, 2.75) is 0 Å². The molecule has 0 aliphatic carbocycles. The van der Waals surface area contributed by atoms with Crippen molar-refractivity contribution in [1.82, 2.24) is 4.90 Å². The molecule has 24 heavy (non-hydrogen) atoms. The molecule has 0 fully saturated rings. The van der Waals surface area contributed by atoms with Gasteiger partial charge in [-0.15, -0.1) is 0 Å². The van der Waals surface area contributed by atoms with Gasteiger partial charge < -0.3 is 0 Å². The lowest BCUT2D eigenvalue weighted by Crippen LogP contribution is -2.31. The van der Waals surface area contributed by atoms with E-state index in [-0.39, 0.29) is 18.4 Å². The molecule has 0 unspecified atom stereocenters. The summed E-state index contributed by atoms with van der Waals surface area (Å²) in [7, 11) is 0. The zero-order valence-electron chi connectivity index (χ0n) is 13.0. The third-order valence-electron chi connectivity index (χ3n) is 4.40. The first-order valence-electron chi connectivity index (χ1n) is 7.78. The number of nitrogens with zero attached hydrogens (tertiary/aromatic N) is 1. The molecule has 0 spiro atoms. The van der Waals surface area contributed by atoms with Crippen LogP contribution in [0.2, 0.25) is 0 Å². The quantitative estimate of drug-likeness (QED) is 0.681. The lowest BCUT2D eigenvalue weighted by atomic mass is 9.99. The number of carbonyl (C=O) groups is 2. The molecule has 0 bridgehead atoms. The van der Waals surface area contributed by atoms with Crippen molar-refractivity contribution >= 4 is 28.2 Å². The Hall–Kier alpha value is -3.20. The Labute approximate surface area is 139 Å². The van der Waals surface area contributed by atoms with Gasteiger partial charge in [-0.05, 0) is 34.0 Å². The van der Waals surface area contributed by atoms with E-state index < -0.39 is 0 Å². The van der Waals surface area contributed by atoms with E-state index in [0.717, 1.165) is 21.9 Å². The Balaban J connectivity index is 1.68. The maximum atomic E-state index is 12.5. The summed E-state index contributed by atoms with van der Waals surface area (Å²) >= 11 is 0. The molecule has 0 atom stereocenters. The fourth-order valence-corrected chi connectivity index (χ4v) is 3.19. The highest BCUT2D eigenvalue weighted by Gasteiger charge is 2.35. The van der Waals surface area contributed by atoms with Crippen LogP contribution < -0.4 is 0 Å². The summed E-state index contributed by atoms with van der Waals surface area (Å²) in [4.78, 5) is 26.3. The topological polar surface area (TPSA) is 37.4 Å². The summed E-state index contributed by atoms with van der Waals surface area (Å²) < 4.78 is 0. The SMILES string of the molecule is C=C(CN1C(=O)c2ccccc2C1=O)c1cccc2ccccc12. The lowest BCUT2D eigenvalue weighted by molar-refractivity contribution is 0.0675. The highest BCUT2D eigenvalue weighted by atomic mass is 16.2. The number of amides is 2. The second-order valence-corrected chi connectivity index (χ2v) is 5.87. The molecule has 1 aliphatic heterocycles. The second kappa shape index (κ2) is 5.46. The predicted octanol–water partition coefficient (Wildman–Crippen LogP) is 4.15. The van der Waals surface area contributed by atoms with E-state index in [0.29, 0.717) is 11.1 Å². The van der Waals surface area contributed by atoms with Gasteiger partial charge in [-0.3, -0.25) is 14.5 Å². The molecule has 4 rings (SSSR count). The van der Waals surface area contributed by atoms with Crippen LogP contribution in [0.5, 0.6) is 0 Å². The van der Waals surface area contributed by atoms with Crippen molar-refractivity contribution in [3.63, 3.8) is 0 Å². The lowest BCUT2D eigenvalue weighted by Gasteiger charge is -2.17. The number of rotatable bonds is 3. The summed E-state index contributed by atoms with van der Waals surface area (Å²) in [5.74, 6) is -0.506. The summed E-state index contributed by atoms with van der Waals surface area (Å²) in [6.45, 7) is 4.32. The standard InChI is InChI=1S/C21H15NO2/c1-14(16-12-6-8-15-7-2-3-9-17(15)16)13-22-20(23)18-10-4-5-11-19(18)21(22)24/h2-12H,1,13H2. The van der Waals surface area contributed by atoms with Gasteiger partial charge in [-0.1, -0.05) is 61.2 Å². The summed E-state index contributed by atoms with van der Waals surface area (Å²) in [5, 5.41) is 2.18. The molecule has 3 aromatic rings. The molecule has 3 aromatic carbocycles. The van der Waals surface area contributed by atoms with Crippen molar-refractivity contribution in [2.24, 2.45) is 0 Å². The molecule has 3 heteroatoms. The van der Waals surface area contributed by atoms with Gasteiger partial charge in [0.25, 0.3) is 11.8 Å². The molecule has 0 N–H and O–H groups in total. The third-order valence-corrected chi connectivity index (χ3v) is 4.40. The smallest absolute Gasteiger partial charge is 0.261 e. The number of imide groups is 1. The maximum Gasteiger partial charge on any atom is 0.261 e. The van der Waals surface area contributed by atoms with Crippen LogP contribution in [-0.4, -0.2) is 23.3 Å². The van der Waals surface area contributed by atoms with Crippen LogP contribution in [0.15, 0.2) is 73.3 Å². The average molecular weight is 313 g/mol. The average Bonchev–Trinajstić information content (AvgIpc) is 2.86. The Morgan fingerprint density at radius 1 is 0.792 bits per heavy atom. The zero-order valence-corrected chi connectivity index (χ0v) is 13.0. The molecule has 3 nitrogen and oxygen atoms in total. The van der Waals surface area contributed by atoms with E-state index in [1.807, 2.05) is 42.5 Å². The molecule has 116 valence electrons. The van der Waals surface area contributed by atoms with Crippen molar-refractivity contribution in [3.05, 3.63) is 90.0 Å². The van der Waals surface area contributed by atoms with E-state index in [4.69, 9.17) is 0 Å². The van der Waals surface area contributed by atoms with Gasteiger partial charge in [-0.25, -0.2) is 0 Å². The Morgan fingerprint density at radius 2 is 1.38 bits per heavy atom. The van der Waals surface area contributed by atoms with E-state index in [1.54, 1.807) is 24.3 Å². The predicted molar refractivity (Wildman–Crippen MR) is 94.8 cm³/mol. The Bertz CT molecular complexity index is 963. The van der Waals surface area contributed by atoms with E-state index >= 15 is 0 Å². The van der Waals surface area contributed by atoms with E-state index in [2.05, 4.69) is 6.58 Å². The van der Waals surface area contributed by atoms with Gasteiger partial charge in [0.05, 0.1) is 17.7 Å². The van der Waals surface area contributed by atoms with Gasteiger partial charge in [0.1, 0.15) is 0 Å². The molecule has 1 heterocycles. The molecular weight excluding hydrogens is 298 g/mol. The van der Waals surface area contributed by atoms with Crippen LogP contribution in [0.4, 0.5) is 0 Å². The van der Waals surface area contributed by atoms with Gasteiger partial charge in [0, 0.05) is 0 Å². The summed E-state index contributed by atoms with van der Waals surface area (Å²) in [5.41, 5.74) is 2.65. The summed E-state index contributed by atoms with van der Waals surface area (Å²) in [6, 6.07) is 20.9. The van der Waals surface area contributed by atoms with Gasteiger partial charge >= 0.3 is 0 Å². The van der Waals surface area contributed by atoms with Gasteiger partial charge in [-0.2, -0.15) is 0 Å².